The van der Waals surface area contributed by atoms with Gasteiger partial charge in [0.25, 0.3) is 0 Å². The standard InChI is InChI=1S/C23H23F2N2O4S2/c1-23(2,19-6-10-21(28)11-7-19)20-8-12-22(13-9-20)31-33(25,30)27-16-18-5-3-4-17(14-18)15-26-32(24)29/h3-14,28H,15-16H2,1-2H3/q-1. The minimum Gasteiger partial charge on any atom is -0.508 e. The average Bonchev–Trinajstić information content (AvgIpc) is 2.77. The topological polar surface area (TPSA) is 88.3 Å². The van der Waals surface area contributed by atoms with Gasteiger partial charge in [-0.05, 0) is 57.5 Å². The molecule has 0 radical (unpaired) electrons. The molecule has 3 rings (SSSR count). The maximum Gasteiger partial charge on any atom is 0.377 e. The van der Waals surface area contributed by atoms with Crippen LogP contribution in [-0.2, 0) is 44.1 Å². The highest BCUT2D eigenvalue weighted by Crippen LogP contribution is 2.33. The van der Waals surface area contributed by atoms with Crippen LogP contribution in [0.4, 0.5) is 7.77 Å². The number of hydrogen-bond donors (Lipinski definition) is 1. The van der Waals surface area contributed by atoms with Gasteiger partial charge < -0.3 is 21.7 Å². The number of benzene rings is 3. The van der Waals surface area contributed by atoms with E-state index in [4.69, 9.17) is 4.18 Å². The molecule has 1 N–H and O–H groups in total. The average molecular weight is 494 g/mol. The van der Waals surface area contributed by atoms with Gasteiger partial charge in [0, 0.05) is 12.0 Å². The molecule has 0 aromatic heterocycles. The zero-order valence-electron chi connectivity index (χ0n) is 18.0. The summed E-state index contributed by atoms with van der Waals surface area (Å²) in [6, 6.07) is 19.9. The maximum atomic E-state index is 14.5. The van der Waals surface area contributed by atoms with Crippen molar-refractivity contribution in [1.82, 2.24) is 0 Å². The largest absolute Gasteiger partial charge is 0.508 e. The van der Waals surface area contributed by atoms with Gasteiger partial charge in [0.05, 0.1) is 6.54 Å². The summed E-state index contributed by atoms with van der Waals surface area (Å²) in [6.45, 7) is 3.68. The van der Waals surface area contributed by atoms with Crippen molar-refractivity contribution < 1.29 is 25.5 Å². The predicted molar refractivity (Wildman–Crippen MR) is 124 cm³/mol. The minimum atomic E-state index is -4.46. The predicted octanol–water partition coefficient (Wildman–Crippen LogP) is 6.10. The van der Waals surface area contributed by atoms with Crippen LogP contribution in [0.1, 0.15) is 36.1 Å². The lowest BCUT2D eigenvalue weighted by molar-refractivity contribution is 0.474. The van der Waals surface area contributed by atoms with Crippen molar-refractivity contribution in [2.24, 2.45) is 8.73 Å². The molecule has 0 aliphatic heterocycles. The van der Waals surface area contributed by atoms with E-state index in [-0.39, 0.29) is 30.0 Å². The van der Waals surface area contributed by atoms with Crippen molar-refractivity contribution in [3.05, 3.63) is 95.1 Å². The monoisotopic (exact) mass is 493 g/mol. The molecule has 0 saturated heterocycles. The number of aromatic hydroxyl groups is 1. The van der Waals surface area contributed by atoms with Gasteiger partial charge in [-0.2, -0.15) is 8.57 Å². The highest BCUT2D eigenvalue weighted by atomic mass is 32.3. The van der Waals surface area contributed by atoms with E-state index < -0.39 is 21.4 Å². The molecule has 0 bridgehead atoms. The molecule has 0 amide bonds. The number of halogens is 2. The fourth-order valence-electron chi connectivity index (χ4n) is 3.22. The molecule has 10 heteroatoms. The zero-order chi connectivity index (χ0) is 24.1. The van der Waals surface area contributed by atoms with Crippen LogP contribution in [-0.4, -0.2) is 9.32 Å². The molecular weight excluding hydrogens is 470 g/mol. The quantitative estimate of drug-likeness (QED) is 0.303. The number of phenols is 1. The Balaban J connectivity index is 1.71. The van der Waals surface area contributed by atoms with Crippen LogP contribution < -0.4 is 4.18 Å². The first-order valence-corrected chi connectivity index (χ1v) is 12.3. The molecule has 0 heterocycles. The van der Waals surface area contributed by atoms with Crippen LogP contribution in [0.5, 0.6) is 11.5 Å². The van der Waals surface area contributed by atoms with Crippen molar-refractivity contribution in [3.63, 3.8) is 0 Å². The van der Waals surface area contributed by atoms with Crippen LogP contribution in [0.25, 0.3) is 0 Å². The van der Waals surface area contributed by atoms with Crippen LogP contribution in [0.15, 0.2) is 81.5 Å². The number of phenolic OH excluding ortho intramolecular Hbond substituents is 1. The van der Waals surface area contributed by atoms with Crippen molar-refractivity contribution in [2.45, 2.75) is 32.4 Å². The highest BCUT2D eigenvalue weighted by molar-refractivity contribution is 7.84. The van der Waals surface area contributed by atoms with Gasteiger partial charge in [-0.3, -0.25) is 0 Å². The second-order valence-electron chi connectivity index (χ2n) is 7.79. The molecule has 1 atom stereocenters. The van der Waals surface area contributed by atoms with E-state index in [0.717, 1.165) is 11.1 Å². The maximum absolute atomic E-state index is 14.5. The number of rotatable bonds is 8. The third-order valence-corrected chi connectivity index (χ3v) is 6.27. The van der Waals surface area contributed by atoms with Gasteiger partial charge in [-0.15, -0.1) is 0 Å². The molecule has 0 aliphatic carbocycles. The van der Waals surface area contributed by atoms with E-state index in [0.29, 0.717) is 11.1 Å². The Bertz CT molecular complexity index is 1310. The first-order chi connectivity index (χ1) is 15.5. The van der Waals surface area contributed by atoms with Gasteiger partial charge in [-0.1, -0.05) is 66.3 Å². The van der Waals surface area contributed by atoms with Crippen molar-refractivity contribution in [3.8, 4) is 11.5 Å². The Morgan fingerprint density at radius 2 is 1.52 bits per heavy atom. The summed E-state index contributed by atoms with van der Waals surface area (Å²) in [5.41, 5.74) is 2.59. The fraction of sp³-hybridized carbons (Fsp3) is 0.217. The normalized spacial score (nSPS) is 14.4. The molecule has 0 aliphatic rings. The second kappa shape index (κ2) is 10.3. The lowest BCUT2D eigenvalue weighted by atomic mass is 9.78. The minimum absolute atomic E-state index is 0.0643. The first-order valence-electron chi connectivity index (χ1n) is 9.91. The Hall–Kier alpha value is -2.98. The van der Waals surface area contributed by atoms with Crippen LogP contribution in [0.2, 0.25) is 0 Å². The summed E-state index contributed by atoms with van der Waals surface area (Å²) in [7, 11) is -7.23. The zero-order valence-corrected chi connectivity index (χ0v) is 19.6. The Morgan fingerprint density at radius 3 is 2.09 bits per heavy atom. The van der Waals surface area contributed by atoms with Crippen molar-refractivity contribution in [2.75, 3.05) is 0 Å². The Kier molecular flexibility index (Phi) is 7.70. The molecule has 1 unspecified atom stereocenters. The number of nitrogens with zero attached hydrogens (tertiary/aromatic N) is 2. The molecule has 0 spiro atoms. The summed E-state index contributed by atoms with van der Waals surface area (Å²) in [4.78, 5) is 0. The third-order valence-electron chi connectivity index (χ3n) is 5.11. The van der Waals surface area contributed by atoms with Gasteiger partial charge in [0.15, 0.2) is 0 Å². The molecule has 6 nitrogen and oxygen atoms in total. The molecule has 33 heavy (non-hydrogen) atoms. The van der Waals surface area contributed by atoms with E-state index in [1.807, 2.05) is 26.0 Å². The van der Waals surface area contributed by atoms with Crippen LogP contribution in [0.3, 0.4) is 0 Å². The SMILES string of the molecule is CC(C)(c1ccc(O)cc1)c1ccc(OS(=O)(F)=NCc2cccc(CN=[S-](=O)F)c2)cc1. The van der Waals surface area contributed by atoms with E-state index in [2.05, 4.69) is 8.73 Å². The molecular formula is C23H23F2N2O4S2-. The molecule has 3 aromatic rings. The second-order valence-corrected chi connectivity index (χ2v) is 9.71. The lowest BCUT2D eigenvalue weighted by Crippen LogP contribution is -2.18. The van der Waals surface area contributed by atoms with Gasteiger partial charge in [0.1, 0.15) is 11.5 Å². The lowest BCUT2D eigenvalue weighted by Gasteiger charge is -2.26. The molecule has 0 saturated carbocycles. The Labute approximate surface area is 194 Å². The molecule has 176 valence electrons. The molecule has 0 fully saturated rings. The van der Waals surface area contributed by atoms with Crippen LogP contribution >= 0.6 is 0 Å². The van der Waals surface area contributed by atoms with E-state index in [9.17, 15) is 21.3 Å². The van der Waals surface area contributed by atoms with Gasteiger partial charge in [0.2, 0.25) is 0 Å². The Morgan fingerprint density at radius 1 is 0.970 bits per heavy atom. The smallest absolute Gasteiger partial charge is 0.377 e. The summed E-state index contributed by atoms with van der Waals surface area (Å²) in [5.74, 6) is 0.243. The summed E-state index contributed by atoms with van der Waals surface area (Å²) in [5, 5.41) is 9.49. The molecule has 3 aromatic carbocycles. The van der Waals surface area contributed by atoms with E-state index in [1.165, 1.54) is 12.1 Å². The third kappa shape index (κ3) is 7.00. The fourth-order valence-corrected chi connectivity index (χ4v) is 4.18. The summed E-state index contributed by atoms with van der Waals surface area (Å²) < 4.78 is 61.2. The van der Waals surface area contributed by atoms with Crippen molar-refractivity contribution in [1.29, 1.82) is 0 Å². The van der Waals surface area contributed by atoms with Crippen molar-refractivity contribution >= 4 is 21.4 Å². The highest BCUT2D eigenvalue weighted by Gasteiger charge is 2.23. The van der Waals surface area contributed by atoms with Crippen LogP contribution in [0, 0.1) is 0 Å². The van der Waals surface area contributed by atoms with Gasteiger partial charge in [-0.25, -0.2) is 0 Å². The van der Waals surface area contributed by atoms with E-state index in [1.54, 1.807) is 48.5 Å². The number of hydrogen-bond acceptors (Lipinski definition) is 7. The summed E-state index contributed by atoms with van der Waals surface area (Å²) in [6.07, 6.45) is 0. The van der Waals surface area contributed by atoms with E-state index >= 15 is 0 Å². The summed E-state index contributed by atoms with van der Waals surface area (Å²) >= 11 is 0. The van der Waals surface area contributed by atoms with Gasteiger partial charge >= 0.3 is 10.4 Å². The first kappa shape index (κ1) is 24.7.